The fraction of sp³-hybridized carbons (Fsp3) is 0.280. The lowest BCUT2D eigenvalue weighted by Gasteiger charge is -2.24. The SMILES string of the molecule is Cc1nc(CN2C[C@@H](OCc3ccncc3)CN(C(=O)c3cc4ccccc4[nH]3)CC2=O)cs1. The van der Waals surface area contributed by atoms with Gasteiger partial charge in [-0.2, -0.15) is 0 Å². The number of rotatable bonds is 6. The van der Waals surface area contributed by atoms with Gasteiger partial charge in [-0.1, -0.05) is 18.2 Å². The van der Waals surface area contributed by atoms with Gasteiger partial charge in [0, 0.05) is 41.8 Å². The molecule has 0 radical (unpaired) electrons. The van der Waals surface area contributed by atoms with Crippen LogP contribution in [0.2, 0.25) is 0 Å². The molecule has 0 saturated carbocycles. The Morgan fingerprint density at radius 1 is 1.21 bits per heavy atom. The second kappa shape index (κ2) is 9.74. The summed E-state index contributed by atoms with van der Waals surface area (Å²) in [6.45, 7) is 3.41. The average Bonchev–Trinajstić information content (AvgIpc) is 3.43. The highest BCUT2D eigenvalue weighted by atomic mass is 32.1. The van der Waals surface area contributed by atoms with Crippen LogP contribution in [0.25, 0.3) is 10.9 Å². The molecule has 3 aromatic heterocycles. The number of amides is 2. The van der Waals surface area contributed by atoms with Gasteiger partial charge in [0.05, 0.1) is 30.0 Å². The summed E-state index contributed by atoms with van der Waals surface area (Å²) in [5.74, 6) is -0.335. The van der Waals surface area contributed by atoms with E-state index >= 15 is 0 Å². The Morgan fingerprint density at radius 3 is 2.79 bits per heavy atom. The topological polar surface area (TPSA) is 91.4 Å². The maximum atomic E-state index is 13.4. The van der Waals surface area contributed by atoms with Crippen LogP contribution in [0.15, 0.2) is 60.2 Å². The molecular formula is C25H25N5O3S. The highest BCUT2D eigenvalue weighted by Gasteiger charge is 2.32. The molecule has 1 N–H and O–H groups in total. The number of nitrogens with zero attached hydrogens (tertiary/aromatic N) is 4. The highest BCUT2D eigenvalue weighted by molar-refractivity contribution is 7.09. The Labute approximate surface area is 201 Å². The summed E-state index contributed by atoms with van der Waals surface area (Å²) in [6.07, 6.45) is 3.10. The molecule has 1 atom stereocenters. The van der Waals surface area contributed by atoms with Crippen molar-refractivity contribution in [3.63, 3.8) is 0 Å². The van der Waals surface area contributed by atoms with Crippen LogP contribution in [0.4, 0.5) is 0 Å². The number of fused-ring (bicyclic) bond motifs is 1. The van der Waals surface area contributed by atoms with E-state index in [1.807, 2.05) is 54.8 Å². The van der Waals surface area contributed by atoms with Gasteiger partial charge in [0.2, 0.25) is 5.91 Å². The number of aryl methyl sites for hydroxylation is 1. The van der Waals surface area contributed by atoms with Crippen molar-refractivity contribution in [3.05, 3.63) is 82.2 Å². The second-order valence-corrected chi connectivity index (χ2v) is 9.44. The van der Waals surface area contributed by atoms with Crippen LogP contribution in [-0.4, -0.2) is 62.3 Å². The van der Waals surface area contributed by atoms with Crippen LogP contribution in [-0.2, 0) is 22.7 Å². The van der Waals surface area contributed by atoms with Crippen LogP contribution in [0.1, 0.15) is 26.8 Å². The number of hydrogen-bond donors (Lipinski definition) is 1. The zero-order valence-corrected chi connectivity index (χ0v) is 19.6. The van der Waals surface area contributed by atoms with Crippen LogP contribution in [0.5, 0.6) is 0 Å². The molecule has 1 fully saturated rings. The number of thiazole rings is 1. The Kier molecular flexibility index (Phi) is 6.37. The van der Waals surface area contributed by atoms with E-state index in [0.29, 0.717) is 31.9 Å². The normalized spacial score (nSPS) is 16.7. The van der Waals surface area contributed by atoms with E-state index in [2.05, 4.69) is 15.0 Å². The number of pyridine rings is 1. The lowest BCUT2D eigenvalue weighted by atomic mass is 10.2. The van der Waals surface area contributed by atoms with Gasteiger partial charge in [0.1, 0.15) is 12.2 Å². The Bertz CT molecular complexity index is 1270. The maximum absolute atomic E-state index is 13.4. The number of para-hydroxylation sites is 1. The molecule has 8 nitrogen and oxygen atoms in total. The monoisotopic (exact) mass is 475 g/mol. The van der Waals surface area contributed by atoms with E-state index in [1.54, 1.807) is 33.5 Å². The number of aromatic nitrogens is 3. The van der Waals surface area contributed by atoms with Crippen LogP contribution in [0.3, 0.4) is 0 Å². The minimum atomic E-state index is -0.340. The van der Waals surface area contributed by atoms with Crippen molar-refractivity contribution in [2.24, 2.45) is 0 Å². The fourth-order valence-electron chi connectivity index (χ4n) is 4.12. The van der Waals surface area contributed by atoms with Gasteiger partial charge in [-0.05, 0) is 36.8 Å². The maximum Gasteiger partial charge on any atom is 0.270 e. The molecule has 1 aliphatic rings. The van der Waals surface area contributed by atoms with Crippen molar-refractivity contribution in [1.29, 1.82) is 0 Å². The van der Waals surface area contributed by atoms with Crippen molar-refractivity contribution in [2.45, 2.75) is 26.2 Å². The third-order valence-corrected chi connectivity index (χ3v) is 6.65. The zero-order chi connectivity index (χ0) is 23.5. The summed E-state index contributed by atoms with van der Waals surface area (Å²) in [7, 11) is 0. The van der Waals surface area contributed by atoms with E-state index in [0.717, 1.165) is 27.2 Å². The molecule has 4 heterocycles. The molecule has 1 saturated heterocycles. The molecule has 0 aliphatic carbocycles. The number of H-pyrrole nitrogens is 1. The predicted octanol–water partition coefficient (Wildman–Crippen LogP) is 3.40. The number of carbonyl (C=O) groups is 2. The zero-order valence-electron chi connectivity index (χ0n) is 18.8. The molecule has 1 aromatic carbocycles. The van der Waals surface area contributed by atoms with Crippen LogP contribution in [0, 0.1) is 6.92 Å². The predicted molar refractivity (Wildman–Crippen MR) is 129 cm³/mol. The summed E-state index contributed by atoms with van der Waals surface area (Å²) in [5.41, 5.74) is 3.18. The van der Waals surface area contributed by atoms with Gasteiger partial charge in [-0.15, -0.1) is 11.3 Å². The Hall–Kier alpha value is -3.56. The largest absolute Gasteiger partial charge is 0.370 e. The average molecular weight is 476 g/mol. The van der Waals surface area contributed by atoms with Crippen LogP contribution >= 0.6 is 11.3 Å². The summed E-state index contributed by atoms with van der Waals surface area (Å²) < 4.78 is 6.20. The van der Waals surface area contributed by atoms with Gasteiger partial charge in [-0.3, -0.25) is 14.6 Å². The summed E-state index contributed by atoms with van der Waals surface area (Å²) in [4.78, 5) is 41.7. The molecule has 0 unspecified atom stereocenters. The fourth-order valence-corrected chi connectivity index (χ4v) is 4.72. The molecular weight excluding hydrogens is 450 g/mol. The summed E-state index contributed by atoms with van der Waals surface area (Å²) in [5, 5.41) is 3.88. The molecule has 0 spiro atoms. The van der Waals surface area contributed by atoms with E-state index in [9.17, 15) is 9.59 Å². The van der Waals surface area contributed by atoms with E-state index < -0.39 is 0 Å². The lowest BCUT2D eigenvalue weighted by molar-refractivity contribution is -0.132. The molecule has 4 aromatic rings. The first-order valence-corrected chi connectivity index (χ1v) is 12.0. The number of carbonyl (C=O) groups excluding carboxylic acids is 2. The van der Waals surface area contributed by atoms with E-state index in [1.165, 1.54) is 0 Å². The van der Waals surface area contributed by atoms with Gasteiger partial charge in [0.25, 0.3) is 5.91 Å². The molecule has 5 rings (SSSR count). The van der Waals surface area contributed by atoms with E-state index in [4.69, 9.17) is 4.74 Å². The third kappa shape index (κ3) is 5.00. The first-order valence-electron chi connectivity index (χ1n) is 11.1. The first-order chi connectivity index (χ1) is 16.5. The minimum absolute atomic E-state index is 0.00751. The minimum Gasteiger partial charge on any atom is -0.370 e. The van der Waals surface area contributed by atoms with Gasteiger partial charge < -0.3 is 19.5 Å². The van der Waals surface area contributed by atoms with Gasteiger partial charge in [0.15, 0.2) is 0 Å². The highest BCUT2D eigenvalue weighted by Crippen LogP contribution is 2.20. The molecule has 9 heteroatoms. The standard InChI is InChI=1S/C25H25N5O3S/c1-17-27-20(16-34-17)11-29-12-21(33-15-18-6-8-26-9-7-18)13-30(14-24(29)31)25(32)23-10-19-4-2-3-5-22(19)28-23/h2-10,16,21,28H,11-15H2,1H3/t21-/m1/s1. The number of ether oxygens (including phenoxy) is 1. The number of aromatic amines is 1. The molecule has 2 amide bonds. The summed E-state index contributed by atoms with van der Waals surface area (Å²) in [6, 6.07) is 13.3. The first kappa shape index (κ1) is 22.2. The number of nitrogens with one attached hydrogen (secondary N) is 1. The Morgan fingerprint density at radius 2 is 2.03 bits per heavy atom. The Balaban J connectivity index is 1.37. The molecule has 1 aliphatic heterocycles. The molecule has 174 valence electrons. The van der Waals surface area contributed by atoms with Gasteiger partial charge >= 0.3 is 0 Å². The molecule has 34 heavy (non-hydrogen) atoms. The van der Waals surface area contributed by atoms with Gasteiger partial charge in [-0.25, -0.2) is 4.98 Å². The third-order valence-electron chi connectivity index (χ3n) is 5.83. The molecule has 0 bridgehead atoms. The van der Waals surface area contributed by atoms with Crippen molar-refractivity contribution < 1.29 is 14.3 Å². The van der Waals surface area contributed by atoms with Crippen molar-refractivity contribution >= 4 is 34.1 Å². The van der Waals surface area contributed by atoms with E-state index in [-0.39, 0.29) is 24.5 Å². The van der Waals surface area contributed by atoms with Crippen molar-refractivity contribution in [2.75, 3.05) is 19.6 Å². The van der Waals surface area contributed by atoms with Crippen LogP contribution < -0.4 is 0 Å². The summed E-state index contributed by atoms with van der Waals surface area (Å²) >= 11 is 1.56. The van der Waals surface area contributed by atoms with Crippen molar-refractivity contribution in [3.8, 4) is 0 Å². The van der Waals surface area contributed by atoms with Crippen molar-refractivity contribution in [1.82, 2.24) is 24.8 Å². The quantitative estimate of drug-likeness (QED) is 0.462. The number of hydrogen-bond acceptors (Lipinski definition) is 6. The lowest BCUT2D eigenvalue weighted by Crippen LogP contribution is -2.39. The number of benzene rings is 1. The smallest absolute Gasteiger partial charge is 0.270 e. The second-order valence-electron chi connectivity index (χ2n) is 8.38.